The molecule has 1 fully saturated rings. The molecule has 1 unspecified atom stereocenters. The van der Waals surface area contributed by atoms with Crippen molar-refractivity contribution in [3.05, 3.63) is 34.9 Å². The van der Waals surface area contributed by atoms with Crippen LogP contribution in [0.4, 0.5) is 0 Å². The van der Waals surface area contributed by atoms with E-state index in [0.717, 1.165) is 24.9 Å². The molecular formula is C15H21NO2. The van der Waals surface area contributed by atoms with Crippen LogP contribution in [0.15, 0.2) is 18.2 Å². The monoisotopic (exact) mass is 247 g/mol. The topological polar surface area (TPSA) is 49.3 Å². The summed E-state index contributed by atoms with van der Waals surface area (Å²) < 4.78 is 0. The van der Waals surface area contributed by atoms with Crippen LogP contribution >= 0.6 is 0 Å². The Kier molecular flexibility index (Phi) is 3.71. The van der Waals surface area contributed by atoms with Crippen molar-refractivity contribution in [3.8, 4) is 0 Å². The Morgan fingerprint density at radius 1 is 1.39 bits per heavy atom. The van der Waals surface area contributed by atoms with Crippen LogP contribution in [-0.2, 0) is 11.2 Å². The largest absolute Gasteiger partial charge is 0.481 e. The van der Waals surface area contributed by atoms with Gasteiger partial charge in [-0.05, 0) is 56.3 Å². The van der Waals surface area contributed by atoms with E-state index in [1.165, 1.54) is 11.1 Å². The summed E-state index contributed by atoms with van der Waals surface area (Å²) in [4.78, 5) is 11.6. The standard InChI is InChI=1S/C15H21NO2/c1-11-4-5-13(8-12(11)2)9-15(14(17)18)6-3-7-16-10-15/h4-5,8,16H,3,6-7,9-10H2,1-2H3,(H,17,18). The van der Waals surface area contributed by atoms with Crippen LogP contribution in [0.1, 0.15) is 29.5 Å². The molecule has 2 N–H and O–H groups in total. The van der Waals surface area contributed by atoms with Crippen molar-refractivity contribution >= 4 is 5.97 Å². The van der Waals surface area contributed by atoms with Crippen molar-refractivity contribution in [2.75, 3.05) is 13.1 Å². The zero-order chi connectivity index (χ0) is 13.2. The third kappa shape index (κ3) is 2.56. The van der Waals surface area contributed by atoms with Gasteiger partial charge in [0, 0.05) is 6.54 Å². The number of hydrogen-bond acceptors (Lipinski definition) is 2. The van der Waals surface area contributed by atoms with Gasteiger partial charge in [-0.15, -0.1) is 0 Å². The molecule has 1 aromatic carbocycles. The smallest absolute Gasteiger partial charge is 0.311 e. The zero-order valence-corrected chi connectivity index (χ0v) is 11.1. The first kappa shape index (κ1) is 13.1. The third-order valence-electron chi connectivity index (χ3n) is 4.04. The summed E-state index contributed by atoms with van der Waals surface area (Å²) >= 11 is 0. The molecule has 0 aliphatic carbocycles. The van der Waals surface area contributed by atoms with Gasteiger partial charge in [0.1, 0.15) is 0 Å². The number of carboxylic acid groups (broad SMARTS) is 1. The number of nitrogens with one attached hydrogen (secondary N) is 1. The quantitative estimate of drug-likeness (QED) is 0.861. The van der Waals surface area contributed by atoms with E-state index in [1.807, 2.05) is 0 Å². The Balaban J connectivity index is 2.23. The normalized spacial score (nSPS) is 23.9. The number of carbonyl (C=O) groups is 1. The predicted octanol–water partition coefficient (Wildman–Crippen LogP) is 2.30. The van der Waals surface area contributed by atoms with Crippen molar-refractivity contribution in [1.29, 1.82) is 0 Å². The Bertz CT molecular complexity index is 448. The summed E-state index contributed by atoms with van der Waals surface area (Å²) in [6.45, 7) is 5.66. The van der Waals surface area contributed by atoms with E-state index in [4.69, 9.17) is 0 Å². The lowest BCUT2D eigenvalue weighted by atomic mass is 9.75. The second-order valence-electron chi connectivity index (χ2n) is 5.46. The number of aliphatic carboxylic acids is 1. The Hall–Kier alpha value is -1.35. The maximum absolute atomic E-state index is 11.6. The van der Waals surface area contributed by atoms with E-state index >= 15 is 0 Å². The number of hydrogen-bond donors (Lipinski definition) is 2. The first-order valence-electron chi connectivity index (χ1n) is 6.54. The molecule has 3 heteroatoms. The van der Waals surface area contributed by atoms with Gasteiger partial charge in [0.25, 0.3) is 0 Å². The lowest BCUT2D eigenvalue weighted by Gasteiger charge is -2.34. The second kappa shape index (κ2) is 5.11. The van der Waals surface area contributed by atoms with Crippen molar-refractivity contribution < 1.29 is 9.90 Å². The van der Waals surface area contributed by atoms with E-state index < -0.39 is 11.4 Å². The molecule has 1 aliphatic rings. The Labute approximate surface area is 108 Å². The molecule has 1 atom stereocenters. The van der Waals surface area contributed by atoms with Gasteiger partial charge in [-0.3, -0.25) is 4.79 Å². The van der Waals surface area contributed by atoms with Crippen LogP contribution in [0.5, 0.6) is 0 Å². The van der Waals surface area contributed by atoms with Crippen LogP contribution in [0, 0.1) is 19.3 Å². The molecule has 1 heterocycles. The minimum atomic E-state index is -0.673. The van der Waals surface area contributed by atoms with Crippen LogP contribution in [-0.4, -0.2) is 24.2 Å². The molecule has 0 saturated carbocycles. The van der Waals surface area contributed by atoms with E-state index in [1.54, 1.807) is 0 Å². The molecule has 18 heavy (non-hydrogen) atoms. The average Bonchev–Trinajstić information content (AvgIpc) is 2.35. The molecule has 98 valence electrons. The highest BCUT2D eigenvalue weighted by Crippen LogP contribution is 2.31. The molecular weight excluding hydrogens is 226 g/mol. The molecule has 0 aromatic heterocycles. The number of benzene rings is 1. The Morgan fingerprint density at radius 2 is 2.17 bits per heavy atom. The second-order valence-corrected chi connectivity index (χ2v) is 5.46. The maximum atomic E-state index is 11.6. The van der Waals surface area contributed by atoms with Gasteiger partial charge in [-0.1, -0.05) is 18.2 Å². The Morgan fingerprint density at radius 3 is 2.72 bits per heavy atom. The van der Waals surface area contributed by atoms with Gasteiger partial charge in [0.15, 0.2) is 0 Å². The first-order chi connectivity index (χ1) is 8.53. The molecule has 1 aromatic rings. The molecule has 0 bridgehead atoms. The fourth-order valence-electron chi connectivity index (χ4n) is 2.68. The molecule has 3 nitrogen and oxygen atoms in total. The van der Waals surface area contributed by atoms with Gasteiger partial charge >= 0.3 is 5.97 Å². The van der Waals surface area contributed by atoms with Crippen molar-refractivity contribution in [1.82, 2.24) is 5.32 Å². The van der Waals surface area contributed by atoms with Crippen LogP contribution in [0.3, 0.4) is 0 Å². The van der Waals surface area contributed by atoms with Crippen LogP contribution < -0.4 is 5.32 Å². The van der Waals surface area contributed by atoms with E-state index in [9.17, 15) is 9.90 Å². The average molecular weight is 247 g/mol. The number of rotatable bonds is 3. The van der Waals surface area contributed by atoms with Crippen LogP contribution in [0.25, 0.3) is 0 Å². The maximum Gasteiger partial charge on any atom is 0.311 e. The summed E-state index contributed by atoms with van der Waals surface area (Å²) in [5, 5.41) is 12.8. The summed E-state index contributed by atoms with van der Waals surface area (Å²) in [6.07, 6.45) is 2.33. The molecule has 0 spiro atoms. The molecule has 1 saturated heterocycles. The lowest BCUT2D eigenvalue weighted by molar-refractivity contribution is -0.150. The van der Waals surface area contributed by atoms with E-state index in [-0.39, 0.29) is 0 Å². The SMILES string of the molecule is Cc1ccc(CC2(C(=O)O)CCCNC2)cc1C. The number of piperidine rings is 1. The van der Waals surface area contributed by atoms with Crippen molar-refractivity contribution in [2.24, 2.45) is 5.41 Å². The molecule has 0 amide bonds. The minimum absolute atomic E-state index is 0.579. The van der Waals surface area contributed by atoms with Crippen LogP contribution in [0.2, 0.25) is 0 Å². The summed E-state index contributed by atoms with van der Waals surface area (Å²) in [5.74, 6) is -0.673. The highest BCUT2D eigenvalue weighted by molar-refractivity contribution is 5.75. The molecule has 0 radical (unpaired) electrons. The predicted molar refractivity (Wildman–Crippen MR) is 71.8 cm³/mol. The number of aryl methyl sites for hydroxylation is 2. The summed E-state index contributed by atoms with van der Waals surface area (Å²) in [6, 6.07) is 6.26. The zero-order valence-electron chi connectivity index (χ0n) is 11.1. The van der Waals surface area contributed by atoms with Gasteiger partial charge in [0.2, 0.25) is 0 Å². The first-order valence-corrected chi connectivity index (χ1v) is 6.54. The van der Waals surface area contributed by atoms with E-state index in [0.29, 0.717) is 13.0 Å². The summed E-state index contributed by atoms with van der Waals surface area (Å²) in [5.41, 5.74) is 2.99. The molecule has 1 aliphatic heterocycles. The van der Waals surface area contributed by atoms with Gasteiger partial charge in [-0.25, -0.2) is 0 Å². The fraction of sp³-hybridized carbons (Fsp3) is 0.533. The fourth-order valence-corrected chi connectivity index (χ4v) is 2.68. The van der Waals surface area contributed by atoms with Gasteiger partial charge in [0.05, 0.1) is 5.41 Å². The van der Waals surface area contributed by atoms with Gasteiger partial charge < -0.3 is 10.4 Å². The van der Waals surface area contributed by atoms with Crippen molar-refractivity contribution in [2.45, 2.75) is 33.1 Å². The van der Waals surface area contributed by atoms with E-state index in [2.05, 4.69) is 37.4 Å². The van der Waals surface area contributed by atoms with Crippen molar-refractivity contribution in [3.63, 3.8) is 0 Å². The minimum Gasteiger partial charge on any atom is -0.481 e. The van der Waals surface area contributed by atoms with Gasteiger partial charge in [-0.2, -0.15) is 0 Å². The third-order valence-corrected chi connectivity index (χ3v) is 4.04. The summed E-state index contributed by atoms with van der Waals surface area (Å²) in [7, 11) is 0. The molecule has 2 rings (SSSR count). The highest BCUT2D eigenvalue weighted by atomic mass is 16.4. The number of carboxylic acids is 1. The highest BCUT2D eigenvalue weighted by Gasteiger charge is 2.39. The lowest BCUT2D eigenvalue weighted by Crippen LogP contribution is -2.47.